The number of nitrogens with zero attached hydrogens (tertiary/aromatic N) is 1. The molecule has 2 rings (SSSR count). The lowest BCUT2D eigenvalue weighted by Gasteiger charge is -2.17. The lowest BCUT2D eigenvalue weighted by molar-refractivity contribution is 0.122. The van der Waals surface area contributed by atoms with Crippen LogP contribution in [0.4, 0.5) is 0 Å². The molecule has 0 aromatic carbocycles. The van der Waals surface area contributed by atoms with Crippen LogP contribution in [-0.2, 0) is 11.3 Å². The number of rotatable bonds is 5. The van der Waals surface area contributed by atoms with Crippen LogP contribution in [0.15, 0.2) is 18.3 Å². The van der Waals surface area contributed by atoms with Crippen LogP contribution in [0.2, 0.25) is 0 Å². The fraction of sp³-hybridized carbons (Fsp3) is 0.615. The average molecular weight is 252 g/mol. The van der Waals surface area contributed by atoms with Crippen LogP contribution in [0.1, 0.15) is 19.4 Å². The summed E-state index contributed by atoms with van der Waals surface area (Å²) < 4.78 is 10.8. The number of aromatic nitrogens is 1. The van der Waals surface area contributed by atoms with E-state index in [9.17, 15) is 5.11 Å². The van der Waals surface area contributed by atoms with Crippen LogP contribution >= 0.6 is 0 Å². The zero-order valence-corrected chi connectivity index (χ0v) is 10.8. The van der Waals surface area contributed by atoms with Gasteiger partial charge >= 0.3 is 0 Å². The van der Waals surface area contributed by atoms with Gasteiger partial charge in [0.2, 0.25) is 5.88 Å². The van der Waals surface area contributed by atoms with Gasteiger partial charge in [-0.05, 0) is 19.9 Å². The third kappa shape index (κ3) is 3.41. The first-order valence-electron chi connectivity index (χ1n) is 6.26. The van der Waals surface area contributed by atoms with Crippen LogP contribution < -0.4 is 10.1 Å². The van der Waals surface area contributed by atoms with Gasteiger partial charge in [-0.2, -0.15) is 0 Å². The number of aliphatic hydroxyl groups excluding tert-OH is 1. The molecule has 0 bridgehead atoms. The molecule has 2 N–H and O–H groups in total. The van der Waals surface area contributed by atoms with Crippen LogP contribution in [0, 0.1) is 0 Å². The fourth-order valence-electron chi connectivity index (χ4n) is 1.87. The first-order chi connectivity index (χ1) is 8.66. The zero-order chi connectivity index (χ0) is 13.0. The Morgan fingerprint density at radius 2 is 2.39 bits per heavy atom. The fourth-order valence-corrected chi connectivity index (χ4v) is 1.87. The van der Waals surface area contributed by atoms with E-state index in [1.54, 1.807) is 6.20 Å². The standard InChI is InChI=1S/C13H20N2O3/c1-9(2)18-13-10(4-3-5-14-13)6-15-11-7-17-8-12(11)16/h3-5,9,11-12,15-16H,6-8H2,1-2H3. The maximum absolute atomic E-state index is 9.65. The Kier molecular flexibility index (Phi) is 4.52. The summed E-state index contributed by atoms with van der Waals surface area (Å²) in [6.07, 6.45) is 1.38. The second kappa shape index (κ2) is 6.13. The Hall–Kier alpha value is -1.17. The second-order valence-corrected chi connectivity index (χ2v) is 4.73. The predicted octanol–water partition coefficient (Wildman–Crippen LogP) is 0.718. The van der Waals surface area contributed by atoms with Crippen molar-refractivity contribution >= 4 is 0 Å². The molecule has 1 aliphatic rings. The van der Waals surface area contributed by atoms with Gasteiger partial charge in [0.05, 0.1) is 31.5 Å². The third-order valence-corrected chi connectivity index (χ3v) is 2.80. The summed E-state index contributed by atoms with van der Waals surface area (Å²) in [5.41, 5.74) is 0.991. The summed E-state index contributed by atoms with van der Waals surface area (Å²) in [4.78, 5) is 4.23. The minimum atomic E-state index is -0.434. The van der Waals surface area contributed by atoms with E-state index in [2.05, 4.69) is 10.3 Å². The van der Waals surface area contributed by atoms with E-state index < -0.39 is 6.10 Å². The molecule has 5 heteroatoms. The first-order valence-corrected chi connectivity index (χ1v) is 6.26. The minimum absolute atomic E-state index is 0.0166. The molecule has 1 fully saturated rings. The molecule has 2 atom stereocenters. The number of nitrogens with one attached hydrogen (secondary N) is 1. The van der Waals surface area contributed by atoms with E-state index in [-0.39, 0.29) is 12.1 Å². The highest BCUT2D eigenvalue weighted by Gasteiger charge is 2.25. The molecule has 2 unspecified atom stereocenters. The normalized spacial score (nSPS) is 23.6. The Morgan fingerprint density at radius 3 is 3.06 bits per heavy atom. The third-order valence-electron chi connectivity index (χ3n) is 2.80. The van der Waals surface area contributed by atoms with Gasteiger partial charge in [-0.3, -0.25) is 0 Å². The second-order valence-electron chi connectivity index (χ2n) is 4.73. The summed E-state index contributed by atoms with van der Waals surface area (Å²) in [6.45, 7) is 5.50. The van der Waals surface area contributed by atoms with Gasteiger partial charge in [-0.15, -0.1) is 0 Å². The lowest BCUT2D eigenvalue weighted by atomic mass is 10.2. The number of hydrogen-bond donors (Lipinski definition) is 2. The number of hydrogen-bond acceptors (Lipinski definition) is 5. The molecule has 100 valence electrons. The SMILES string of the molecule is CC(C)Oc1ncccc1CNC1COCC1O. The molecule has 0 radical (unpaired) electrons. The summed E-state index contributed by atoms with van der Waals surface area (Å²) in [7, 11) is 0. The predicted molar refractivity (Wildman–Crippen MR) is 67.5 cm³/mol. The van der Waals surface area contributed by atoms with Gasteiger partial charge in [0.15, 0.2) is 0 Å². The Labute approximate surface area is 107 Å². The molecule has 5 nitrogen and oxygen atoms in total. The molecule has 1 aromatic heterocycles. The largest absolute Gasteiger partial charge is 0.475 e. The molecule has 0 amide bonds. The van der Waals surface area contributed by atoms with E-state index in [4.69, 9.17) is 9.47 Å². The highest BCUT2D eigenvalue weighted by atomic mass is 16.5. The van der Waals surface area contributed by atoms with Crippen LogP contribution in [0.3, 0.4) is 0 Å². The van der Waals surface area contributed by atoms with Crippen LogP contribution in [-0.4, -0.2) is 41.6 Å². The topological polar surface area (TPSA) is 63.6 Å². The molecular formula is C13H20N2O3. The van der Waals surface area contributed by atoms with Gasteiger partial charge in [-0.1, -0.05) is 6.07 Å². The Balaban J connectivity index is 1.95. The molecular weight excluding hydrogens is 232 g/mol. The van der Waals surface area contributed by atoms with E-state index in [1.165, 1.54) is 0 Å². The van der Waals surface area contributed by atoms with Crippen LogP contribution in [0.25, 0.3) is 0 Å². The quantitative estimate of drug-likeness (QED) is 0.808. The average Bonchev–Trinajstić information content (AvgIpc) is 2.73. The number of ether oxygens (including phenoxy) is 2. The molecule has 1 aromatic rings. The monoisotopic (exact) mass is 252 g/mol. The maximum atomic E-state index is 9.65. The number of pyridine rings is 1. The van der Waals surface area contributed by atoms with E-state index in [0.717, 1.165) is 5.56 Å². The van der Waals surface area contributed by atoms with E-state index >= 15 is 0 Å². The van der Waals surface area contributed by atoms with Gasteiger partial charge in [0.1, 0.15) is 0 Å². The highest BCUT2D eigenvalue weighted by molar-refractivity contribution is 5.25. The zero-order valence-electron chi connectivity index (χ0n) is 10.8. The summed E-state index contributed by atoms with van der Waals surface area (Å²) >= 11 is 0. The molecule has 1 saturated heterocycles. The Morgan fingerprint density at radius 1 is 1.56 bits per heavy atom. The summed E-state index contributed by atoms with van der Waals surface area (Å²) in [5.74, 6) is 0.647. The number of aliphatic hydroxyl groups is 1. The maximum Gasteiger partial charge on any atom is 0.218 e. The van der Waals surface area contributed by atoms with Gasteiger partial charge in [0, 0.05) is 18.3 Å². The summed E-state index contributed by atoms with van der Waals surface area (Å²) in [6, 6.07) is 3.84. The van der Waals surface area contributed by atoms with E-state index in [0.29, 0.717) is 25.6 Å². The Bertz CT molecular complexity index is 384. The van der Waals surface area contributed by atoms with Crippen molar-refractivity contribution in [3.63, 3.8) is 0 Å². The molecule has 1 aliphatic heterocycles. The first kappa shape index (κ1) is 13.3. The van der Waals surface area contributed by atoms with Crippen molar-refractivity contribution < 1.29 is 14.6 Å². The van der Waals surface area contributed by atoms with Gasteiger partial charge < -0.3 is 19.9 Å². The van der Waals surface area contributed by atoms with Gasteiger partial charge in [-0.25, -0.2) is 4.98 Å². The molecule has 2 heterocycles. The van der Waals surface area contributed by atoms with E-state index in [1.807, 2.05) is 26.0 Å². The van der Waals surface area contributed by atoms with Crippen molar-refractivity contribution in [3.8, 4) is 5.88 Å². The van der Waals surface area contributed by atoms with Crippen molar-refractivity contribution in [1.82, 2.24) is 10.3 Å². The van der Waals surface area contributed by atoms with Crippen molar-refractivity contribution in [2.45, 2.75) is 38.6 Å². The molecule has 18 heavy (non-hydrogen) atoms. The molecule has 0 aliphatic carbocycles. The molecule has 0 saturated carbocycles. The van der Waals surface area contributed by atoms with Crippen molar-refractivity contribution in [2.75, 3.05) is 13.2 Å². The van der Waals surface area contributed by atoms with Crippen molar-refractivity contribution in [2.24, 2.45) is 0 Å². The smallest absolute Gasteiger partial charge is 0.218 e. The molecule has 0 spiro atoms. The van der Waals surface area contributed by atoms with Crippen molar-refractivity contribution in [3.05, 3.63) is 23.9 Å². The van der Waals surface area contributed by atoms with Crippen molar-refractivity contribution in [1.29, 1.82) is 0 Å². The summed E-state index contributed by atoms with van der Waals surface area (Å²) in [5, 5.41) is 12.9. The highest BCUT2D eigenvalue weighted by Crippen LogP contribution is 2.16. The minimum Gasteiger partial charge on any atom is -0.475 e. The van der Waals surface area contributed by atoms with Crippen LogP contribution in [0.5, 0.6) is 5.88 Å². The lowest BCUT2D eigenvalue weighted by Crippen LogP contribution is -2.38. The van der Waals surface area contributed by atoms with Gasteiger partial charge in [0.25, 0.3) is 0 Å².